The maximum Gasteiger partial charge on any atom is 0.273 e. The molecule has 122 valence electrons. The van der Waals surface area contributed by atoms with Gasteiger partial charge in [0.1, 0.15) is 0 Å². The van der Waals surface area contributed by atoms with E-state index in [0.717, 1.165) is 12.8 Å². The molecule has 0 aromatic heterocycles. The van der Waals surface area contributed by atoms with Crippen LogP contribution in [0, 0.1) is 10.1 Å². The Morgan fingerprint density at radius 3 is 2.55 bits per heavy atom. The lowest BCUT2D eigenvalue weighted by Crippen LogP contribution is -2.43. The van der Waals surface area contributed by atoms with Gasteiger partial charge in [0.25, 0.3) is 11.6 Å². The molecule has 1 heterocycles. The first-order valence-electron chi connectivity index (χ1n) is 7.30. The Balaban J connectivity index is 0.00000242. The van der Waals surface area contributed by atoms with Crippen molar-refractivity contribution in [2.45, 2.75) is 32.2 Å². The van der Waals surface area contributed by atoms with Crippen molar-refractivity contribution >= 4 is 24.0 Å². The number of nitrogens with one attached hydrogen (secondary N) is 1. The lowest BCUT2D eigenvalue weighted by Gasteiger charge is -2.31. The highest BCUT2D eigenvalue weighted by Crippen LogP contribution is 2.22. The number of aryl methyl sites for hydroxylation is 1. The molecule has 0 radical (unpaired) electrons. The Hall–Kier alpha value is -1.66. The highest BCUT2D eigenvalue weighted by Gasteiger charge is 2.24. The van der Waals surface area contributed by atoms with Crippen molar-refractivity contribution in [1.29, 1.82) is 0 Å². The van der Waals surface area contributed by atoms with Gasteiger partial charge in [-0.05, 0) is 32.4 Å². The number of carbonyl (C=O) groups is 1. The molecule has 1 aromatic carbocycles. The number of nitro benzene ring substituents is 1. The Labute approximate surface area is 136 Å². The van der Waals surface area contributed by atoms with Gasteiger partial charge in [-0.3, -0.25) is 14.9 Å². The summed E-state index contributed by atoms with van der Waals surface area (Å²) in [5, 5.41) is 14.3. The van der Waals surface area contributed by atoms with Gasteiger partial charge in [0.15, 0.2) is 0 Å². The molecule has 0 spiro atoms. The van der Waals surface area contributed by atoms with Crippen LogP contribution in [0.1, 0.15) is 35.7 Å². The van der Waals surface area contributed by atoms with Crippen LogP contribution in [0.25, 0.3) is 0 Å². The van der Waals surface area contributed by atoms with Crippen LogP contribution in [0.4, 0.5) is 5.69 Å². The van der Waals surface area contributed by atoms with Crippen molar-refractivity contribution in [1.82, 2.24) is 10.2 Å². The third-order valence-corrected chi connectivity index (χ3v) is 4.10. The molecular weight excluding hydrogens is 306 g/mol. The lowest BCUT2D eigenvalue weighted by molar-refractivity contribution is -0.385. The Morgan fingerprint density at radius 2 is 2.05 bits per heavy atom. The summed E-state index contributed by atoms with van der Waals surface area (Å²) in [5.74, 6) is -0.115. The fourth-order valence-corrected chi connectivity index (χ4v) is 2.72. The van der Waals surface area contributed by atoms with E-state index in [1.165, 1.54) is 6.07 Å². The normalized spacial score (nSPS) is 15.3. The largest absolute Gasteiger partial charge is 0.339 e. The van der Waals surface area contributed by atoms with Gasteiger partial charge in [0, 0.05) is 36.3 Å². The zero-order valence-corrected chi connectivity index (χ0v) is 13.7. The van der Waals surface area contributed by atoms with E-state index in [1.54, 1.807) is 17.0 Å². The third kappa shape index (κ3) is 3.96. The molecule has 0 aliphatic carbocycles. The minimum Gasteiger partial charge on any atom is -0.339 e. The molecule has 7 heteroatoms. The summed E-state index contributed by atoms with van der Waals surface area (Å²) in [6.45, 7) is 3.24. The van der Waals surface area contributed by atoms with Crippen LogP contribution >= 0.6 is 12.4 Å². The number of nitro groups is 1. The van der Waals surface area contributed by atoms with Gasteiger partial charge >= 0.3 is 0 Å². The fourth-order valence-electron chi connectivity index (χ4n) is 2.72. The van der Waals surface area contributed by atoms with Crippen LogP contribution < -0.4 is 5.32 Å². The molecule has 0 bridgehead atoms. The van der Waals surface area contributed by atoms with Crippen molar-refractivity contribution in [3.63, 3.8) is 0 Å². The van der Waals surface area contributed by atoms with Crippen LogP contribution in [0.5, 0.6) is 0 Å². The first-order chi connectivity index (χ1) is 10.1. The maximum absolute atomic E-state index is 12.5. The predicted octanol–water partition coefficient (Wildman–Crippen LogP) is 2.40. The molecule has 1 aromatic rings. The van der Waals surface area contributed by atoms with Crippen LogP contribution in [0.3, 0.4) is 0 Å². The number of benzene rings is 1. The molecule has 1 saturated heterocycles. The zero-order chi connectivity index (χ0) is 15.4. The first kappa shape index (κ1) is 18.4. The monoisotopic (exact) mass is 327 g/mol. The molecule has 6 nitrogen and oxygen atoms in total. The van der Waals surface area contributed by atoms with Gasteiger partial charge in [-0.15, -0.1) is 12.4 Å². The second kappa shape index (κ2) is 8.10. The highest BCUT2D eigenvalue weighted by atomic mass is 35.5. The minimum atomic E-state index is -0.414. The molecule has 2 rings (SSSR count). The second-order valence-corrected chi connectivity index (χ2v) is 5.31. The number of halogens is 1. The predicted molar refractivity (Wildman–Crippen MR) is 87.7 cm³/mol. The standard InChI is InChI=1S/C15H21N3O3.ClH/c1-3-11-4-5-12(10-14(11)18(20)21)15(19)17-8-6-13(16-2)7-9-17;/h4-5,10,13,16H,3,6-9H2,1-2H3;1H. The quantitative estimate of drug-likeness (QED) is 0.680. The van der Waals surface area contributed by atoms with Crippen molar-refractivity contribution in [3.8, 4) is 0 Å². The van der Waals surface area contributed by atoms with Crippen molar-refractivity contribution in [2.75, 3.05) is 20.1 Å². The highest BCUT2D eigenvalue weighted by molar-refractivity contribution is 5.95. The molecule has 22 heavy (non-hydrogen) atoms. The van der Waals surface area contributed by atoms with Gasteiger partial charge in [0.2, 0.25) is 0 Å². The number of carbonyl (C=O) groups excluding carboxylic acids is 1. The topological polar surface area (TPSA) is 75.5 Å². The van der Waals surface area contributed by atoms with Gasteiger partial charge in [-0.1, -0.05) is 13.0 Å². The van der Waals surface area contributed by atoms with E-state index in [2.05, 4.69) is 5.32 Å². The van der Waals surface area contributed by atoms with Crippen molar-refractivity contribution < 1.29 is 9.72 Å². The fraction of sp³-hybridized carbons (Fsp3) is 0.533. The molecular formula is C15H22ClN3O3. The van der Waals surface area contributed by atoms with Gasteiger partial charge in [-0.25, -0.2) is 0 Å². The molecule has 1 amide bonds. The minimum absolute atomic E-state index is 0. The molecule has 1 fully saturated rings. The average molecular weight is 328 g/mol. The summed E-state index contributed by atoms with van der Waals surface area (Å²) in [7, 11) is 1.93. The van der Waals surface area contributed by atoms with E-state index in [1.807, 2.05) is 14.0 Å². The molecule has 1 aliphatic rings. The maximum atomic E-state index is 12.5. The van der Waals surface area contributed by atoms with E-state index in [-0.39, 0.29) is 24.0 Å². The van der Waals surface area contributed by atoms with Crippen molar-refractivity contribution in [2.24, 2.45) is 0 Å². The van der Waals surface area contributed by atoms with E-state index >= 15 is 0 Å². The summed E-state index contributed by atoms with van der Waals surface area (Å²) in [6, 6.07) is 5.24. The summed E-state index contributed by atoms with van der Waals surface area (Å²) >= 11 is 0. The average Bonchev–Trinajstić information content (AvgIpc) is 2.53. The van der Waals surface area contributed by atoms with Gasteiger partial charge < -0.3 is 10.2 Å². The molecule has 1 aliphatic heterocycles. The number of rotatable bonds is 4. The number of hydrogen-bond acceptors (Lipinski definition) is 4. The van der Waals surface area contributed by atoms with E-state index in [4.69, 9.17) is 0 Å². The molecule has 0 unspecified atom stereocenters. The number of likely N-dealkylation sites (tertiary alicyclic amines) is 1. The number of nitrogens with zero attached hydrogens (tertiary/aromatic N) is 2. The van der Waals surface area contributed by atoms with E-state index in [9.17, 15) is 14.9 Å². The summed E-state index contributed by atoms with van der Waals surface area (Å²) in [4.78, 5) is 24.9. The Morgan fingerprint density at radius 1 is 1.41 bits per heavy atom. The van der Waals surface area contributed by atoms with Crippen LogP contribution in [-0.4, -0.2) is 41.9 Å². The Kier molecular flexibility index (Phi) is 6.77. The zero-order valence-electron chi connectivity index (χ0n) is 12.9. The van der Waals surface area contributed by atoms with E-state index in [0.29, 0.717) is 36.7 Å². The van der Waals surface area contributed by atoms with Crippen LogP contribution in [0.15, 0.2) is 18.2 Å². The van der Waals surface area contributed by atoms with Crippen LogP contribution in [0.2, 0.25) is 0 Å². The van der Waals surface area contributed by atoms with Crippen LogP contribution in [-0.2, 0) is 6.42 Å². The first-order valence-corrected chi connectivity index (χ1v) is 7.30. The van der Waals surface area contributed by atoms with Gasteiger partial charge in [-0.2, -0.15) is 0 Å². The lowest BCUT2D eigenvalue weighted by atomic mass is 10.0. The molecule has 1 N–H and O–H groups in total. The molecule has 0 atom stereocenters. The number of amides is 1. The SMILES string of the molecule is CCc1ccc(C(=O)N2CCC(NC)CC2)cc1[N+](=O)[O-].Cl. The summed E-state index contributed by atoms with van der Waals surface area (Å²) in [5.41, 5.74) is 1.10. The number of piperidine rings is 1. The molecule has 0 saturated carbocycles. The second-order valence-electron chi connectivity index (χ2n) is 5.31. The Bertz CT molecular complexity index is 543. The number of hydrogen-bond donors (Lipinski definition) is 1. The van der Waals surface area contributed by atoms with E-state index < -0.39 is 4.92 Å². The van der Waals surface area contributed by atoms with Crippen molar-refractivity contribution in [3.05, 3.63) is 39.4 Å². The third-order valence-electron chi connectivity index (χ3n) is 4.10. The summed E-state index contributed by atoms with van der Waals surface area (Å²) in [6.07, 6.45) is 2.41. The van der Waals surface area contributed by atoms with Gasteiger partial charge in [0.05, 0.1) is 4.92 Å². The smallest absolute Gasteiger partial charge is 0.273 e. The summed E-state index contributed by atoms with van der Waals surface area (Å²) < 4.78 is 0.